The Hall–Kier alpha value is -1.39. The summed E-state index contributed by atoms with van der Waals surface area (Å²) in [5.74, 6) is 0. The van der Waals surface area contributed by atoms with Crippen LogP contribution in [0.2, 0.25) is 0 Å². The molecular formula is C12H15N3S. The molecule has 1 unspecified atom stereocenters. The topological polar surface area (TPSA) is 42.1 Å². The standard InChI is InChI=1S/C12H15N3S/c1-15(2)10-5-3-4-9(8-10)11(13)12-14-6-7-16-12/h3-8,11H,13H2,1-2H3. The molecule has 1 heterocycles. The first-order chi connectivity index (χ1) is 7.68. The number of nitrogens with zero attached hydrogens (tertiary/aromatic N) is 2. The molecular weight excluding hydrogens is 218 g/mol. The van der Waals surface area contributed by atoms with E-state index < -0.39 is 0 Å². The van der Waals surface area contributed by atoms with Gasteiger partial charge in [-0.25, -0.2) is 4.98 Å². The molecule has 0 spiro atoms. The van der Waals surface area contributed by atoms with Crippen LogP contribution in [-0.2, 0) is 0 Å². The van der Waals surface area contributed by atoms with E-state index in [1.165, 1.54) is 0 Å². The average molecular weight is 233 g/mol. The van der Waals surface area contributed by atoms with Crippen LogP contribution in [0.25, 0.3) is 0 Å². The Kier molecular flexibility index (Phi) is 3.22. The summed E-state index contributed by atoms with van der Waals surface area (Å²) in [5, 5.41) is 2.90. The lowest BCUT2D eigenvalue weighted by molar-refractivity contribution is 0.856. The zero-order chi connectivity index (χ0) is 11.5. The van der Waals surface area contributed by atoms with Gasteiger partial charge in [0.2, 0.25) is 0 Å². The van der Waals surface area contributed by atoms with Crippen molar-refractivity contribution in [2.75, 3.05) is 19.0 Å². The molecule has 84 valence electrons. The van der Waals surface area contributed by atoms with Crippen molar-refractivity contribution in [3.8, 4) is 0 Å². The van der Waals surface area contributed by atoms with Crippen molar-refractivity contribution in [1.29, 1.82) is 0 Å². The van der Waals surface area contributed by atoms with Crippen molar-refractivity contribution in [3.63, 3.8) is 0 Å². The lowest BCUT2D eigenvalue weighted by Gasteiger charge is -2.15. The van der Waals surface area contributed by atoms with E-state index in [1.807, 2.05) is 31.6 Å². The Morgan fingerprint density at radius 2 is 2.19 bits per heavy atom. The van der Waals surface area contributed by atoms with E-state index in [9.17, 15) is 0 Å². The number of hydrogen-bond acceptors (Lipinski definition) is 4. The van der Waals surface area contributed by atoms with Gasteiger partial charge in [-0.2, -0.15) is 0 Å². The molecule has 0 aliphatic carbocycles. The van der Waals surface area contributed by atoms with Crippen LogP contribution >= 0.6 is 11.3 Å². The summed E-state index contributed by atoms with van der Waals surface area (Å²) in [7, 11) is 4.04. The van der Waals surface area contributed by atoms with Gasteiger partial charge in [0.15, 0.2) is 0 Å². The molecule has 2 N–H and O–H groups in total. The van der Waals surface area contributed by atoms with Gasteiger partial charge in [0, 0.05) is 31.4 Å². The summed E-state index contributed by atoms with van der Waals surface area (Å²) >= 11 is 1.59. The first-order valence-electron chi connectivity index (χ1n) is 5.11. The van der Waals surface area contributed by atoms with E-state index in [-0.39, 0.29) is 6.04 Å². The Morgan fingerprint density at radius 3 is 2.81 bits per heavy atom. The third kappa shape index (κ3) is 2.23. The summed E-state index contributed by atoms with van der Waals surface area (Å²) in [4.78, 5) is 6.31. The van der Waals surface area contributed by atoms with Gasteiger partial charge >= 0.3 is 0 Å². The molecule has 1 atom stereocenters. The molecule has 0 saturated carbocycles. The predicted molar refractivity (Wildman–Crippen MR) is 68.9 cm³/mol. The molecule has 0 radical (unpaired) electrons. The van der Waals surface area contributed by atoms with Gasteiger partial charge in [-0.05, 0) is 17.7 Å². The largest absolute Gasteiger partial charge is 0.378 e. The van der Waals surface area contributed by atoms with Crippen LogP contribution in [0, 0.1) is 0 Å². The van der Waals surface area contributed by atoms with Gasteiger partial charge < -0.3 is 10.6 Å². The monoisotopic (exact) mass is 233 g/mol. The van der Waals surface area contributed by atoms with E-state index in [0.29, 0.717) is 0 Å². The van der Waals surface area contributed by atoms with Gasteiger partial charge in [0.1, 0.15) is 5.01 Å². The van der Waals surface area contributed by atoms with Crippen molar-refractivity contribution < 1.29 is 0 Å². The number of nitrogens with two attached hydrogens (primary N) is 1. The zero-order valence-corrected chi connectivity index (χ0v) is 10.2. The lowest BCUT2D eigenvalue weighted by atomic mass is 10.1. The zero-order valence-electron chi connectivity index (χ0n) is 9.42. The molecule has 4 heteroatoms. The van der Waals surface area contributed by atoms with E-state index in [4.69, 9.17) is 5.73 Å². The fourth-order valence-corrected chi connectivity index (χ4v) is 2.19. The molecule has 16 heavy (non-hydrogen) atoms. The highest BCUT2D eigenvalue weighted by Crippen LogP contribution is 2.24. The minimum atomic E-state index is -0.125. The molecule has 1 aromatic heterocycles. The summed E-state index contributed by atoms with van der Waals surface area (Å²) in [6, 6.07) is 8.11. The van der Waals surface area contributed by atoms with Crippen LogP contribution in [0.3, 0.4) is 0 Å². The maximum atomic E-state index is 6.16. The van der Waals surface area contributed by atoms with Crippen molar-refractivity contribution in [1.82, 2.24) is 4.98 Å². The predicted octanol–water partition coefficient (Wildman–Crippen LogP) is 2.26. The second kappa shape index (κ2) is 4.63. The van der Waals surface area contributed by atoms with E-state index in [1.54, 1.807) is 17.5 Å². The Bertz CT molecular complexity index is 451. The highest BCUT2D eigenvalue weighted by Gasteiger charge is 2.11. The van der Waals surface area contributed by atoms with Crippen molar-refractivity contribution >= 4 is 17.0 Å². The van der Waals surface area contributed by atoms with Gasteiger partial charge in [-0.3, -0.25) is 0 Å². The van der Waals surface area contributed by atoms with Crippen molar-refractivity contribution in [3.05, 3.63) is 46.4 Å². The summed E-state index contributed by atoms with van der Waals surface area (Å²) in [6.07, 6.45) is 1.79. The smallest absolute Gasteiger partial charge is 0.114 e. The minimum Gasteiger partial charge on any atom is -0.378 e. The maximum Gasteiger partial charge on any atom is 0.114 e. The molecule has 1 aromatic carbocycles. The molecule has 3 nitrogen and oxygen atoms in total. The molecule has 2 aromatic rings. The van der Waals surface area contributed by atoms with Crippen LogP contribution in [0.5, 0.6) is 0 Å². The fourth-order valence-electron chi connectivity index (χ4n) is 1.53. The van der Waals surface area contributed by atoms with Crippen molar-refractivity contribution in [2.45, 2.75) is 6.04 Å². The number of benzene rings is 1. The molecule has 0 bridgehead atoms. The van der Waals surface area contributed by atoms with Crippen LogP contribution in [0.15, 0.2) is 35.8 Å². The third-order valence-electron chi connectivity index (χ3n) is 2.46. The molecule has 0 aliphatic rings. The first-order valence-corrected chi connectivity index (χ1v) is 5.98. The SMILES string of the molecule is CN(C)c1cccc(C(N)c2nccs2)c1. The number of hydrogen-bond donors (Lipinski definition) is 1. The number of thiazole rings is 1. The summed E-state index contributed by atoms with van der Waals surface area (Å²) < 4.78 is 0. The van der Waals surface area contributed by atoms with Crippen LogP contribution in [-0.4, -0.2) is 19.1 Å². The normalized spacial score (nSPS) is 12.4. The van der Waals surface area contributed by atoms with Crippen LogP contribution < -0.4 is 10.6 Å². The second-order valence-corrected chi connectivity index (χ2v) is 4.76. The van der Waals surface area contributed by atoms with Gasteiger partial charge in [-0.1, -0.05) is 12.1 Å². The molecule has 0 amide bonds. The van der Waals surface area contributed by atoms with Gasteiger partial charge in [-0.15, -0.1) is 11.3 Å². The van der Waals surface area contributed by atoms with Crippen LogP contribution in [0.1, 0.15) is 16.6 Å². The van der Waals surface area contributed by atoms with Gasteiger partial charge in [0.25, 0.3) is 0 Å². The minimum absolute atomic E-state index is 0.125. The second-order valence-electron chi connectivity index (χ2n) is 3.84. The van der Waals surface area contributed by atoms with Gasteiger partial charge in [0.05, 0.1) is 6.04 Å². The summed E-state index contributed by atoms with van der Waals surface area (Å²) in [5.41, 5.74) is 8.41. The molecule has 0 fully saturated rings. The maximum absolute atomic E-state index is 6.16. The highest BCUT2D eigenvalue weighted by atomic mass is 32.1. The van der Waals surface area contributed by atoms with Crippen LogP contribution in [0.4, 0.5) is 5.69 Å². The summed E-state index contributed by atoms with van der Waals surface area (Å²) in [6.45, 7) is 0. The first kappa shape index (κ1) is 11.1. The highest BCUT2D eigenvalue weighted by molar-refractivity contribution is 7.09. The van der Waals surface area contributed by atoms with E-state index >= 15 is 0 Å². The van der Waals surface area contributed by atoms with E-state index in [0.717, 1.165) is 16.3 Å². The fraction of sp³-hybridized carbons (Fsp3) is 0.250. The molecule has 2 rings (SSSR count). The number of anilines is 1. The Labute approximate surface area is 99.5 Å². The Morgan fingerprint density at radius 1 is 1.38 bits per heavy atom. The molecule has 0 aliphatic heterocycles. The third-order valence-corrected chi connectivity index (χ3v) is 3.32. The van der Waals surface area contributed by atoms with Crippen molar-refractivity contribution in [2.24, 2.45) is 5.73 Å². The lowest BCUT2D eigenvalue weighted by Crippen LogP contribution is -2.13. The Balaban J connectivity index is 2.30. The number of aromatic nitrogens is 1. The van der Waals surface area contributed by atoms with E-state index in [2.05, 4.69) is 22.0 Å². The quantitative estimate of drug-likeness (QED) is 0.884. The number of rotatable bonds is 3. The average Bonchev–Trinajstić information content (AvgIpc) is 2.81. The molecule has 0 saturated heterocycles.